The normalized spacial score (nSPS) is 11.8. The Morgan fingerprint density at radius 3 is 2.43 bits per heavy atom. The fourth-order valence-corrected chi connectivity index (χ4v) is 2.12. The highest BCUT2D eigenvalue weighted by Gasteiger charge is 2.34. The highest BCUT2D eigenvalue weighted by atomic mass is 19.4. The van der Waals surface area contributed by atoms with Gasteiger partial charge in [0.25, 0.3) is 0 Å². The van der Waals surface area contributed by atoms with Gasteiger partial charge in [-0.3, -0.25) is 9.97 Å². The Hall–Kier alpha value is -2.50. The van der Waals surface area contributed by atoms with Crippen molar-refractivity contribution in [2.24, 2.45) is 0 Å². The zero-order valence-electron chi connectivity index (χ0n) is 10.5. The van der Waals surface area contributed by atoms with Crippen molar-refractivity contribution in [1.29, 1.82) is 0 Å². The maximum atomic E-state index is 13.7. The monoisotopic (exact) mass is 292 g/mol. The summed E-state index contributed by atoms with van der Waals surface area (Å²) in [7, 11) is 0. The third kappa shape index (κ3) is 2.44. The number of hydrogen-bond acceptors (Lipinski definition) is 2. The van der Waals surface area contributed by atoms with Crippen molar-refractivity contribution in [3.8, 4) is 11.3 Å². The molecule has 0 fully saturated rings. The van der Waals surface area contributed by atoms with Gasteiger partial charge in [-0.15, -0.1) is 0 Å². The Bertz CT molecular complexity index is 807. The molecule has 0 saturated heterocycles. The van der Waals surface area contributed by atoms with Crippen molar-refractivity contribution < 1.29 is 17.6 Å². The Kier molecular flexibility index (Phi) is 3.08. The fourth-order valence-electron chi connectivity index (χ4n) is 2.12. The minimum absolute atomic E-state index is 0.277. The van der Waals surface area contributed by atoms with Crippen LogP contribution in [0.3, 0.4) is 0 Å². The van der Waals surface area contributed by atoms with E-state index in [1.807, 2.05) is 0 Å². The van der Waals surface area contributed by atoms with Gasteiger partial charge in [-0.2, -0.15) is 13.2 Å². The molecule has 0 aliphatic heterocycles. The van der Waals surface area contributed by atoms with Gasteiger partial charge >= 0.3 is 6.18 Å². The van der Waals surface area contributed by atoms with Crippen LogP contribution in [0.25, 0.3) is 22.2 Å². The number of nitrogens with zero attached hydrogens (tertiary/aromatic N) is 2. The first kappa shape index (κ1) is 13.5. The molecule has 0 saturated carbocycles. The van der Waals surface area contributed by atoms with Crippen LogP contribution in [0.1, 0.15) is 5.56 Å². The molecule has 0 spiro atoms. The minimum Gasteiger partial charge on any atom is -0.256 e. The van der Waals surface area contributed by atoms with Gasteiger partial charge in [-0.1, -0.05) is 6.07 Å². The molecule has 2 nitrogen and oxygen atoms in total. The maximum Gasteiger partial charge on any atom is 0.419 e. The summed E-state index contributed by atoms with van der Waals surface area (Å²) in [5, 5.41) is 0.652. The number of halogens is 4. The minimum atomic E-state index is -4.71. The van der Waals surface area contributed by atoms with Crippen LogP contribution in [0, 0.1) is 5.82 Å². The van der Waals surface area contributed by atoms with E-state index in [4.69, 9.17) is 0 Å². The van der Waals surface area contributed by atoms with Crippen molar-refractivity contribution in [3.63, 3.8) is 0 Å². The molecule has 1 aromatic carbocycles. The van der Waals surface area contributed by atoms with Gasteiger partial charge in [0.05, 0.1) is 16.8 Å². The second kappa shape index (κ2) is 4.80. The van der Waals surface area contributed by atoms with E-state index in [9.17, 15) is 17.6 Å². The van der Waals surface area contributed by atoms with Gasteiger partial charge in [0.15, 0.2) is 0 Å². The molecule has 0 unspecified atom stereocenters. The van der Waals surface area contributed by atoms with E-state index >= 15 is 0 Å². The van der Waals surface area contributed by atoms with E-state index in [2.05, 4.69) is 9.97 Å². The summed E-state index contributed by atoms with van der Waals surface area (Å²) in [5.41, 5.74) is 0.0275. The Morgan fingerprint density at radius 2 is 1.71 bits per heavy atom. The Labute approximate surface area is 117 Å². The SMILES string of the molecule is Fc1cc(-c2nccc3ncccc23)ccc1C(F)(F)F. The number of benzene rings is 1. The number of rotatable bonds is 1. The zero-order valence-corrected chi connectivity index (χ0v) is 10.5. The van der Waals surface area contributed by atoms with Crippen LogP contribution in [-0.4, -0.2) is 9.97 Å². The van der Waals surface area contributed by atoms with Crippen LogP contribution in [0.5, 0.6) is 0 Å². The predicted molar refractivity (Wildman–Crippen MR) is 69.9 cm³/mol. The molecular weight excluding hydrogens is 284 g/mol. The maximum absolute atomic E-state index is 13.7. The largest absolute Gasteiger partial charge is 0.419 e. The molecule has 2 heterocycles. The molecule has 106 valence electrons. The van der Waals surface area contributed by atoms with Crippen LogP contribution >= 0.6 is 0 Å². The summed E-state index contributed by atoms with van der Waals surface area (Å²) < 4.78 is 51.4. The molecule has 0 bridgehead atoms. The molecule has 0 aliphatic rings. The van der Waals surface area contributed by atoms with Gasteiger partial charge in [0.2, 0.25) is 0 Å². The molecule has 2 aromatic heterocycles. The lowest BCUT2D eigenvalue weighted by molar-refractivity contribution is -0.139. The van der Waals surface area contributed by atoms with Crippen LogP contribution in [0.2, 0.25) is 0 Å². The third-order valence-corrected chi connectivity index (χ3v) is 3.08. The van der Waals surface area contributed by atoms with Crippen molar-refractivity contribution in [2.75, 3.05) is 0 Å². The van der Waals surface area contributed by atoms with Crippen molar-refractivity contribution >= 4 is 10.9 Å². The number of alkyl halides is 3. The van der Waals surface area contributed by atoms with Crippen molar-refractivity contribution in [1.82, 2.24) is 9.97 Å². The summed E-state index contributed by atoms with van der Waals surface area (Å²) in [6.45, 7) is 0. The number of aromatic nitrogens is 2. The van der Waals surface area contributed by atoms with E-state index in [0.29, 0.717) is 16.6 Å². The van der Waals surface area contributed by atoms with Crippen molar-refractivity contribution in [2.45, 2.75) is 6.18 Å². The molecular formula is C15H8F4N2. The van der Waals surface area contributed by atoms with Gasteiger partial charge < -0.3 is 0 Å². The quantitative estimate of drug-likeness (QED) is 0.619. The summed E-state index contributed by atoms with van der Waals surface area (Å²) in [6, 6.07) is 7.88. The van der Waals surface area contributed by atoms with E-state index in [1.165, 1.54) is 12.3 Å². The fraction of sp³-hybridized carbons (Fsp3) is 0.0667. The summed E-state index contributed by atoms with van der Waals surface area (Å²) in [6.07, 6.45) is -1.63. The molecule has 0 aliphatic carbocycles. The number of pyridine rings is 2. The summed E-state index contributed by atoms with van der Waals surface area (Å²) in [5.74, 6) is -1.32. The first-order valence-electron chi connectivity index (χ1n) is 6.03. The van der Waals surface area contributed by atoms with E-state index in [-0.39, 0.29) is 5.56 Å². The molecule has 0 amide bonds. The van der Waals surface area contributed by atoms with Gasteiger partial charge in [-0.25, -0.2) is 4.39 Å². The molecule has 3 aromatic rings. The third-order valence-electron chi connectivity index (χ3n) is 3.08. The summed E-state index contributed by atoms with van der Waals surface area (Å²) in [4.78, 5) is 8.26. The molecule has 21 heavy (non-hydrogen) atoms. The average Bonchev–Trinajstić information content (AvgIpc) is 2.45. The standard InChI is InChI=1S/C15H8F4N2/c16-12-8-9(3-4-11(12)15(17,18)19)14-10-2-1-6-20-13(10)5-7-21-14/h1-8H. The van der Waals surface area contributed by atoms with E-state index in [0.717, 1.165) is 12.1 Å². The van der Waals surface area contributed by atoms with Crippen LogP contribution in [0.4, 0.5) is 17.6 Å². The van der Waals surface area contributed by atoms with Gasteiger partial charge in [0.1, 0.15) is 5.82 Å². The average molecular weight is 292 g/mol. The second-order valence-corrected chi connectivity index (χ2v) is 4.42. The van der Waals surface area contributed by atoms with Crippen LogP contribution in [-0.2, 0) is 6.18 Å². The van der Waals surface area contributed by atoms with E-state index in [1.54, 1.807) is 24.4 Å². The lowest BCUT2D eigenvalue weighted by Gasteiger charge is -2.10. The zero-order chi connectivity index (χ0) is 15.0. The van der Waals surface area contributed by atoms with Crippen LogP contribution < -0.4 is 0 Å². The second-order valence-electron chi connectivity index (χ2n) is 4.42. The highest BCUT2D eigenvalue weighted by Crippen LogP contribution is 2.34. The molecule has 6 heteroatoms. The smallest absolute Gasteiger partial charge is 0.256 e. The van der Waals surface area contributed by atoms with Gasteiger partial charge in [0, 0.05) is 23.3 Å². The number of fused-ring (bicyclic) bond motifs is 1. The topological polar surface area (TPSA) is 25.8 Å². The van der Waals surface area contributed by atoms with Gasteiger partial charge in [-0.05, 0) is 30.3 Å². The lowest BCUT2D eigenvalue weighted by Crippen LogP contribution is -2.07. The predicted octanol–water partition coefficient (Wildman–Crippen LogP) is 4.45. The van der Waals surface area contributed by atoms with E-state index < -0.39 is 17.6 Å². The number of hydrogen-bond donors (Lipinski definition) is 0. The summed E-state index contributed by atoms with van der Waals surface area (Å²) >= 11 is 0. The molecule has 3 rings (SSSR count). The Morgan fingerprint density at radius 1 is 0.905 bits per heavy atom. The highest BCUT2D eigenvalue weighted by molar-refractivity contribution is 5.91. The molecule has 0 atom stereocenters. The molecule has 0 radical (unpaired) electrons. The Balaban J connectivity index is 2.18. The van der Waals surface area contributed by atoms with Crippen LogP contribution in [0.15, 0.2) is 48.8 Å². The van der Waals surface area contributed by atoms with Crippen molar-refractivity contribution in [3.05, 3.63) is 60.2 Å². The first-order chi connectivity index (χ1) is 9.97. The molecule has 0 N–H and O–H groups in total. The lowest BCUT2D eigenvalue weighted by atomic mass is 10.0. The first-order valence-corrected chi connectivity index (χ1v) is 6.03.